The summed E-state index contributed by atoms with van der Waals surface area (Å²) in [4.78, 5) is 12.3. The molecule has 1 aliphatic rings. The molecule has 0 spiro atoms. The molecular weight excluding hydrogens is 364 g/mol. The first kappa shape index (κ1) is 19.1. The molecule has 3 rings (SSSR count). The SMILES string of the molecule is CCCCCOc1ccc(/C=C2/C(=O)Nc3ccc(S(N)(=O)=O)cc32)cc1. The Morgan fingerprint density at radius 2 is 1.85 bits per heavy atom. The van der Waals surface area contributed by atoms with Crippen LogP contribution < -0.4 is 15.2 Å². The van der Waals surface area contributed by atoms with Crippen molar-refractivity contribution in [3.8, 4) is 5.75 Å². The molecule has 3 N–H and O–H groups in total. The molecule has 0 saturated carbocycles. The lowest BCUT2D eigenvalue weighted by molar-refractivity contribution is -0.110. The van der Waals surface area contributed by atoms with Crippen LogP contribution in [0.1, 0.15) is 37.3 Å². The lowest BCUT2D eigenvalue weighted by Gasteiger charge is -2.06. The van der Waals surface area contributed by atoms with Gasteiger partial charge >= 0.3 is 0 Å². The predicted octanol–water partition coefficient (Wildman–Crippen LogP) is 3.40. The van der Waals surface area contributed by atoms with Gasteiger partial charge in [0.25, 0.3) is 5.91 Å². The van der Waals surface area contributed by atoms with Gasteiger partial charge in [-0.1, -0.05) is 31.9 Å². The molecule has 0 unspecified atom stereocenters. The summed E-state index contributed by atoms with van der Waals surface area (Å²) in [5, 5.41) is 7.92. The molecule has 1 heterocycles. The summed E-state index contributed by atoms with van der Waals surface area (Å²) in [7, 11) is -3.84. The Hall–Kier alpha value is -2.64. The van der Waals surface area contributed by atoms with Gasteiger partial charge in [0, 0.05) is 16.8 Å². The van der Waals surface area contributed by atoms with Crippen LogP contribution >= 0.6 is 0 Å². The third kappa shape index (κ3) is 4.56. The summed E-state index contributed by atoms with van der Waals surface area (Å²) in [6.45, 7) is 2.83. The molecule has 142 valence electrons. The first-order valence-corrected chi connectivity index (χ1v) is 10.4. The number of fused-ring (bicyclic) bond motifs is 1. The Morgan fingerprint density at radius 1 is 1.11 bits per heavy atom. The number of unbranched alkanes of at least 4 members (excludes halogenated alkanes) is 2. The number of ether oxygens (including phenoxy) is 1. The average Bonchev–Trinajstić information content (AvgIpc) is 2.94. The number of amides is 1. The number of nitrogens with two attached hydrogens (primary N) is 1. The molecule has 27 heavy (non-hydrogen) atoms. The largest absolute Gasteiger partial charge is 0.494 e. The van der Waals surface area contributed by atoms with E-state index in [0.717, 1.165) is 30.6 Å². The van der Waals surface area contributed by atoms with Gasteiger partial charge in [0.15, 0.2) is 0 Å². The third-order valence-corrected chi connectivity index (χ3v) is 5.22. The van der Waals surface area contributed by atoms with E-state index in [1.54, 1.807) is 12.1 Å². The summed E-state index contributed by atoms with van der Waals surface area (Å²) in [6.07, 6.45) is 5.02. The molecule has 2 aromatic rings. The highest BCUT2D eigenvalue weighted by molar-refractivity contribution is 7.89. The second kappa shape index (κ2) is 7.94. The molecule has 1 amide bonds. The number of sulfonamides is 1. The molecule has 7 heteroatoms. The maximum Gasteiger partial charge on any atom is 0.256 e. The summed E-state index contributed by atoms with van der Waals surface area (Å²) in [5.41, 5.74) is 2.29. The fraction of sp³-hybridized carbons (Fsp3) is 0.250. The molecular formula is C20H22N2O4S. The Morgan fingerprint density at radius 3 is 2.52 bits per heavy atom. The van der Waals surface area contributed by atoms with Crippen molar-refractivity contribution < 1.29 is 17.9 Å². The van der Waals surface area contributed by atoms with Crippen molar-refractivity contribution in [3.05, 3.63) is 53.6 Å². The van der Waals surface area contributed by atoms with Crippen molar-refractivity contribution in [2.24, 2.45) is 5.14 Å². The Bertz CT molecular complexity index is 980. The van der Waals surface area contributed by atoms with Crippen molar-refractivity contribution >= 4 is 33.3 Å². The molecule has 0 atom stereocenters. The van der Waals surface area contributed by atoms with Gasteiger partial charge in [-0.3, -0.25) is 4.79 Å². The summed E-state index contributed by atoms with van der Waals surface area (Å²) in [5.74, 6) is 0.498. The smallest absolute Gasteiger partial charge is 0.256 e. The van der Waals surface area contributed by atoms with Crippen LogP contribution in [-0.4, -0.2) is 20.9 Å². The van der Waals surface area contributed by atoms with Gasteiger partial charge in [-0.05, 0) is 48.4 Å². The molecule has 2 aromatic carbocycles. The molecule has 0 saturated heterocycles. The highest BCUT2D eigenvalue weighted by atomic mass is 32.2. The fourth-order valence-electron chi connectivity index (χ4n) is 2.86. The molecule has 0 aliphatic carbocycles. The number of anilines is 1. The van der Waals surface area contributed by atoms with Crippen LogP contribution in [0, 0.1) is 0 Å². The molecule has 6 nitrogen and oxygen atoms in total. The van der Waals surface area contributed by atoms with Gasteiger partial charge < -0.3 is 10.1 Å². The monoisotopic (exact) mass is 386 g/mol. The maximum atomic E-state index is 12.3. The molecule has 0 fully saturated rings. The van der Waals surface area contributed by atoms with Crippen LogP contribution in [0.5, 0.6) is 5.75 Å². The zero-order valence-corrected chi connectivity index (χ0v) is 15.9. The number of carbonyl (C=O) groups excluding carboxylic acids is 1. The lowest BCUT2D eigenvalue weighted by Crippen LogP contribution is -2.12. The number of benzene rings is 2. The van der Waals surface area contributed by atoms with E-state index < -0.39 is 10.0 Å². The number of hydrogen-bond acceptors (Lipinski definition) is 4. The van der Waals surface area contributed by atoms with E-state index in [2.05, 4.69) is 12.2 Å². The van der Waals surface area contributed by atoms with Gasteiger partial charge in [-0.15, -0.1) is 0 Å². The van der Waals surface area contributed by atoms with E-state index in [-0.39, 0.29) is 10.8 Å². The highest BCUT2D eigenvalue weighted by Gasteiger charge is 2.25. The van der Waals surface area contributed by atoms with E-state index in [1.807, 2.05) is 24.3 Å². The maximum absolute atomic E-state index is 12.3. The highest BCUT2D eigenvalue weighted by Crippen LogP contribution is 2.34. The normalized spacial score (nSPS) is 14.9. The number of rotatable bonds is 7. The first-order valence-electron chi connectivity index (χ1n) is 8.81. The van der Waals surface area contributed by atoms with Crippen LogP contribution in [-0.2, 0) is 14.8 Å². The summed E-state index contributed by atoms with van der Waals surface area (Å²) >= 11 is 0. The second-order valence-corrected chi connectivity index (χ2v) is 7.95. The fourth-order valence-corrected chi connectivity index (χ4v) is 3.40. The van der Waals surface area contributed by atoms with E-state index in [9.17, 15) is 13.2 Å². The van der Waals surface area contributed by atoms with E-state index in [4.69, 9.17) is 9.88 Å². The molecule has 0 radical (unpaired) electrons. The number of hydrogen-bond donors (Lipinski definition) is 2. The quantitative estimate of drug-likeness (QED) is 0.563. The Kier molecular flexibility index (Phi) is 5.62. The minimum Gasteiger partial charge on any atom is -0.494 e. The first-order chi connectivity index (χ1) is 12.9. The average molecular weight is 386 g/mol. The standard InChI is InChI=1S/C20H22N2O4S/c1-2-3-4-11-26-15-7-5-14(6-8-15)12-18-17-13-16(27(21,24)25)9-10-19(17)22-20(18)23/h5-10,12-13H,2-4,11H2,1H3,(H,22,23)(H2,21,24,25)/b18-12+. The van der Waals surface area contributed by atoms with Crippen LogP contribution in [0.4, 0.5) is 5.69 Å². The van der Waals surface area contributed by atoms with E-state index in [1.165, 1.54) is 12.1 Å². The van der Waals surface area contributed by atoms with E-state index >= 15 is 0 Å². The van der Waals surface area contributed by atoms with E-state index in [0.29, 0.717) is 23.4 Å². The summed E-state index contributed by atoms with van der Waals surface area (Å²) in [6, 6.07) is 11.8. The number of primary sulfonamides is 1. The number of carbonyl (C=O) groups is 1. The molecule has 1 aliphatic heterocycles. The van der Waals surface area contributed by atoms with Crippen molar-refractivity contribution in [2.75, 3.05) is 11.9 Å². The third-order valence-electron chi connectivity index (χ3n) is 4.31. The minimum absolute atomic E-state index is 0.0283. The lowest BCUT2D eigenvalue weighted by atomic mass is 10.0. The van der Waals surface area contributed by atoms with Crippen LogP contribution in [0.2, 0.25) is 0 Å². The van der Waals surface area contributed by atoms with Crippen molar-refractivity contribution in [3.63, 3.8) is 0 Å². The minimum atomic E-state index is -3.84. The van der Waals surface area contributed by atoms with Crippen LogP contribution in [0.3, 0.4) is 0 Å². The topological polar surface area (TPSA) is 98.5 Å². The van der Waals surface area contributed by atoms with Crippen LogP contribution in [0.25, 0.3) is 11.6 Å². The second-order valence-electron chi connectivity index (χ2n) is 6.39. The van der Waals surface area contributed by atoms with Gasteiger partial charge in [0.1, 0.15) is 5.75 Å². The van der Waals surface area contributed by atoms with Crippen LogP contribution in [0.15, 0.2) is 47.4 Å². The number of nitrogens with one attached hydrogen (secondary N) is 1. The van der Waals surface area contributed by atoms with Gasteiger partial charge in [-0.2, -0.15) is 0 Å². The van der Waals surface area contributed by atoms with Crippen molar-refractivity contribution in [1.82, 2.24) is 0 Å². The summed E-state index contributed by atoms with van der Waals surface area (Å²) < 4.78 is 28.8. The van der Waals surface area contributed by atoms with Crippen molar-refractivity contribution in [2.45, 2.75) is 31.1 Å². The van der Waals surface area contributed by atoms with Crippen molar-refractivity contribution in [1.29, 1.82) is 0 Å². The van der Waals surface area contributed by atoms with Gasteiger partial charge in [-0.25, -0.2) is 13.6 Å². The molecule has 0 bridgehead atoms. The zero-order chi connectivity index (χ0) is 19.4. The Labute approximate surface area is 159 Å². The Balaban J connectivity index is 1.83. The van der Waals surface area contributed by atoms with Gasteiger partial charge in [0.05, 0.1) is 11.5 Å². The predicted molar refractivity (Wildman–Crippen MR) is 106 cm³/mol. The van der Waals surface area contributed by atoms with Gasteiger partial charge in [0.2, 0.25) is 10.0 Å². The molecule has 0 aromatic heterocycles. The zero-order valence-electron chi connectivity index (χ0n) is 15.1.